The number of carbonyl (C=O) groups is 1. The molecule has 3 heteroatoms. The molecule has 2 aromatic carbocycles. The summed E-state index contributed by atoms with van der Waals surface area (Å²) in [5.41, 5.74) is 4.42. The highest BCUT2D eigenvalue weighted by molar-refractivity contribution is 5.97. The third-order valence-corrected chi connectivity index (χ3v) is 5.71. The van der Waals surface area contributed by atoms with Crippen molar-refractivity contribution in [1.29, 1.82) is 0 Å². The third-order valence-electron chi connectivity index (χ3n) is 5.71. The van der Waals surface area contributed by atoms with Gasteiger partial charge in [0.1, 0.15) is 11.9 Å². The van der Waals surface area contributed by atoms with Gasteiger partial charge in [0.2, 0.25) is 5.91 Å². The monoisotopic (exact) mass is 399 g/mol. The molecule has 4 rings (SSSR count). The number of aryl methyl sites for hydroxylation is 1. The van der Waals surface area contributed by atoms with Crippen molar-refractivity contribution in [3.8, 4) is 5.75 Å². The maximum Gasteiger partial charge on any atom is 0.227 e. The quantitative estimate of drug-likeness (QED) is 0.543. The Bertz CT molecular complexity index is 958. The van der Waals surface area contributed by atoms with Gasteiger partial charge in [-0.2, -0.15) is 0 Å². The van der Waals surface area contributed by atoms with E-state index in [4.69, 9.17) is 4.74 Å². The van der Waals surface area contributed by atoms with Gasteiger partial charge in [-0.1, -0.05) is 54.6 Å². The second-order valence-electron chi connectivity index (χ2n) is 7.91. The van der Waals surface area contributed by atoms with Crippen LogP contribution in [0.25, 0.3) is 6.08 Å². The summed E-state index contributed by atoms with van der Waals surface area (Å²) < 4.78 is 6.35. The molecule has 30 heavy (non-hydrogen) atoms. The van der Waals surface area contributed by atoms with E-state index in [1.807, 2.05) is 29.2 Å². The van der Waals surface area contributed by atoms with Crippen molar-refractivity contribution in [2.45, 2.75) is 44.6 Å². The second kappa shape index (κ2) is 9.62. The normalized spacial score (nSPS) is 18.5. The molecular formula is C27H29NO2. The maximum absolute atomic E-state index is 12.7. The molecule has 2 aromatic rings. The van der Waals surface area contributed by atoms with Gasteiger partial charge in [-0.15, -0.1) is 6.58 Å². The van der Waals surface area contributed by atoms with Crippen LogP contribution < -0.4 is 9.64 Å². The number of amides is 1. The van der Waals surface area contributed by atoms with E-state index in [1.54, 1.807) is 0 Å². The van der Waals surface area contributed by atoms with Gasteiger partial charge < -0.3 is 9.64 Å². The zero-order chi connectivity index (χ0) is 20.8. The molecule has 1 atom stereocenters. The number of hydrogen-bond donors (Lipinski definition) is 0. The summed E-state index contributed by atoms with van der Waals surface area (Å²) in [5.74, 6) is 1.10. The molecule has 0 spiro atoms. The average molecular weight is 400 g/mol. The van der Waals surface area contributed by atoms with E-state index in [0.717, 1.165) is 48.2 Å². The number of nitrogens with zero attached hydrogens (tertiary/aromatic N) is 1. The summed E-state index contributed by atoms with van der Waals surface area (Å²) in [7, 11) is 0. The summed E-state index contributed by atoms with van der Waals surface area (Å²) >= 11 is 0. The van der Waals surface area contributed by atoms with Gasteiger partial charge in [0.25, 0.3) is 0 Å². The number of allylic oxidation sites excluding steroid dienone is 2. The van der Waals surface area contributed by atoms with Crippen LogP contribution in [0, 0.1) is 0 Å². The average Bonchev–Trinajstić information content (AvgIpc) is 2.78. The molecule has 0 radical (unpaired) electrons. The lowest BCUT2D eigenvalue weighted by atomic mass is 9.96. The first-order chi connectivity index (χ1) is 14.7. The van der Waals surface area contributed by atoms with E-state index in [0.29, 0.717) is 13.0 Å². The van der Waals surface area contributed by atoms with Crippen LogP contribution in [0.4, 0.5) is 5.69 Å². The van der Waals surface area contributed by atoms with Crippen LogP contribution in [-0.4, -0.2) is 18.6 Å². The number of rotatable bonds is 7. The highest BCUT2D eigenvalue weighted by Crippen LogP contribution is 2.35. The molecule has 0 saturated carbocycles. The zero-order valence-electron chi connectivity index (χ0n) is 17.4. The fraction of sp³-hybridized carbons (Fsp3) is 0.296. The smallest absolute Gasteiger partial charge is 0.227 e. The fourth-order valence-corrected chi connectivity index (χ4v) is 4.14. The number of hydrogen-bond acceptors (Lipinski definition) is 2. The van der Waals surface area contributed by atoms with Crippen molar-refractivity contribution in [3.05, 3.63) is 90.0 Å². The summed E-state index contributed by atoms with van der Waals surface area (Å²) in [6, 6.07) is 14.5. The third kappa shape index (κ3) is 4.73. The van der Waals surface area contributed by atoms with Crippen LogP contribution in [0.3, 0.4) is 0 Å². The van der Waals surface area contributed by atoms with E-state index in [-0.39, 0.29) is 12.0 Å². The van der Waals surface area contributed by atoms with Crippen LogP contribution in [-0.2, 0) is 17.6 Å². The van der Waals surface area contributed by atoms with Crippen LogP contribution in [0.1, 0.15) is 42.4 Å². The minimum absolute atomic E-state index is 0.135. The highest BCUT2D eigenvalue weighted by Gasteiger charge is 2.25. The lowest BCUT2D eigenvalue weighted by Gasteiger charge is -2.30. The number of benzene rings is 2. The minimum Gasteiger partial charge on any atom is -0.486 e. The predicted octanol–water partition coefficient (Wildman–Crippen LogP) is 5.90. The summed E-state index contributed by atoms with van der Waals surface area (Å²) in [5, 5.41) is 0. The number of ether oxygens (including phenoxy) is 1. The van der Waals surface area contributed by atoms with Crippen LogP contribution >= 0.6 is 0 Å². The molecule has 1 aliphatic carbocycles. The van der Waals surface area contributed by atoms with Gasteiger partial charge in [-0.3, -0.25) is 4.79 Å². The molecule has 1 unspecified atom stereocenters. The Hall–Kier alpha value is -3.07. The minimum atomic E-state index is 0.135. The van der Waals surface area contributed by atoms with Gasteiger partial charge in [0.05, 0.1) is 0 Å². The standard InChI is InChI=1S/C27H29NO2/c1-2-10-23-19-25-22(20-26(23)30-24-14-7-4-8-15-24)16-17-27(29)28(25)18-9-13-21-11-5-3-6-12-21/h2-3,5-7,9,11-14,19-20,24H,1,4,8,10,15-18H2. The Morgan fingerprint density at radius 2 is 2.03 bits per heavy atom. The molecule has 0 aromatic heterocycles. The number of carbonyl (C=O) groups excluding carboxylic acids is 1. The lowest BCUT2D eigenvalue weighted by molar-refractivity contribution is -0.118. The summed E-state index contributed by atoms with van der Waals surface area (Å²) in [6.07, 6.45) is 15.9. The Balaban J connectivity index is 1.59. The van der Waals surface area contributed by atoms with Crippen molar-refractivity contribution in [1.82, 2.24) is 0 Å². The van der Waals surface area contributed by atoms with Gasteiger partial charge in [-0.25, -0.2) is 0 Å². The molecular weight excluding hydrogens is 370 g/mol. The molecule has 1 amide bonds. The van der Waals surface area contributed by atoms with Crippen molar-refractivity contribution < 1.29 is 9.53 Å². The number of fused-ring (bicyclic) bond motifs is 1. The Kier molecular flexibility index (Phi) is 6.48. The van der Waals surface area contributed by atoms with Gasteiger partial charge in [0.15, 0.2) is 0 Å². The topological polar surface area (TPSA) is 29.5 Å². The maximum atomic E-state index is 12.7. The van der Waals surface area contributed by atoms with Crippen molar-refractivity contribution in [2.24, 2.45) is 0 Å². The van der Waals surface area contributed by atoms with Gasteiger partial charge in [0, 0.05) is 18.7 Å². The Morgan fingerprint density at radius 1 is 1.17 bits per heavy atom. The summed E-state index contributed by atoms with van der Waals surface area (Å²) in [6.45, 7) is 4.48. The molecule has 0 N–H and O–H groups in total. The predicted molar refractivity (Wildman–Crippen MR) is 124 cm³/mol. The fourth-order valence-electron chi connectivity index (χ4n) is 4.14. The first-order valence-corrected chi connectivity index (χ1v) is 10.9. The Labute approximate surface area is 179 Å². The molecule has 2 aliphatic rings. The molecule has 3 nitrogen and oxygen atoms in total. The van der Waals surface area contributed by atoms with E-state index in [2.05, 4.69) is 55.1 Å². The van der Waals surface area contributed by atoms with Crippen molar-refractivity contribution in [3.63, 3.8) is 0 Å². The van der Waals surface area contributed by atoms with Gasteiger partial charge >= 0.3 is 0 Å². The van der Waals surface area contributed by atoms with Crippen LogP contribution in [0.2, 0.25) is 0 Å². The Morgan fingerprint density at radius 3 is 2.80 bits per heavy atom. The largest absolute Gasteiger partial charge is 0.486 e. The zero-order valence-corrected chi connectivity index (χ0v) is 17.4. The van der Waals surface area contributed by atoms with Crippen molar-refractivity contribution in [2.75, 3.05) is 11.4 Å². The van der Waals surface area contributed by atoms with Crippen molar-refractivity contribution >= 4 is 17.7 Å². The molecule has 0 saturated heterocycles. The van der Waals surface area contributed by atoms with Crippen LogP contribution in [0.15, 0.2) is 73.3 Å². The second-order valence-corrected chi connectivity index (χ2v) is 7.91. The van der Waals surface area contributed by atoms with E-state index in [9.17, 15) is 4.79 Å². The van der Waals surface area contributed by atoms with Crippen LogP contribution in [0.5, 0.6) is 5.75 Å². The highest BCUT2D eigenvalue weighted by atomic mass is 16.5. The van der Waals surface area contributed by atoms with Gasteiger partial charge in [-0.05, 0) is 67.0 Å². The molecule has 0 bridgehead atoms. The first kappa shape index (κ1) is 20.2. The van der Waals surface area contributed by atoms with E-state index < -0.39 is 0 Å². The molecule has 1 heterocycles. The molecule has 1 aliphatic heterocycles. The lowest BCUT2D eigenvalue weighted by Crippen LogP contribution is -2.35. The molecule has 154 valence electrons. The number of anilines is 1. The SMILES string of the molecule is C=CCc1cc2c(cc1OC1C=CCCC1)CCC(=O)N2CC=Cc1ccccc1. The first-order valence-electron chi connectivity index (χ1n) is 10.9. The van der Waals surface area contributed by atoms with E-state index >= 15 is 0 Å². The van der Waals surface area contributed by atoms with E-state index in [1.165, 1.54) is 12.0 Å². The summed E-state index contributed by atoms with van der Waals surface area (Å²) in [4.78, 5) is 14.6. The molecule has 0 fully saturated rings.